The molecule has 1 fully saturated rings. The first-order chi connectivity index (χ1) is 8.61. The molecule has 1 saturated heterocycles. The summed E-state index contributed by atoms with van der Waals surface area (Å²) in [5, 5.41) is 0. The molecule has 3 heteroatoms. The number of aryl methyl sites for hydroxylation is 2. The van der Waals surface area contributed by atoms with E-state index >= 15 is 0 Å². The maximum atomic E-state index is 6.19. The fourth-order valence-corrected chi connectivity index (χ4v) is 2.82. The van der Waals surface area contributed by atoms with Crippen LogP contribution in [0.1, 0.15) is 45.2 Å². The van der Waals surface area contributed by atoms with Crippen molar-refractivity contribution in [2.75, 3.05) is 5.73 Å². The molecule has 1 heterocycles. The third kappa shape index (κ3) is 2.86. The SMILES string of the molecule is Cc1cc(C)c(OC2CC(C)(C)OC2(C)C)cc1N. The van der Waals surface area contributed by atoms with Crippen LogP contribution < -0.4 is 10.5 Å². The van der Waals surface area contributed by atoms with Gasteiger partial charge in [-0.25, -0.2) is 0 Å². The van der Waals surface area contributed by atoms with E-state index in [4.69, 9.17) is 15.2 Å². The lowest BCUT2D eigenvalue weighted by molar-refractivity contribution is -0.0846. The van der Waals surface area contributed by atoms with Gasteiger partial charge in [-0.15, -0.1) is 0 Å². The van der Waals surface area contributed by atoms with Crippen LogP contribution in [0, 0.1) is 13.8 Å². The number of rotatable bonds is 2. The first-order valence-corrected chi connectivity index (χ1v) is 6.84. The Balaban J connectivity index is 2.25. The minimum absolute atomic E-state index is 0.0447. The van der Waals surface area contributed by atoms with Gasteiger partial charge in [-0.2, -0.15) is 0 Å². The molecule has 1 aromatic rings. The molecule has 1 atom stereocenters. The second-order valence-corrected chi connectivity index (χ2v) is 6.75. The van der Waals surface area contributed by atoms with E-state index in [1.165, 1.54) is 0 Å². The number of nitrogen functional groups attached to an aromatic ring is 1. The summed E-state index contributed by atoms with van der Waals surface area (Å²) in [6.45, 7) is 12.4. The first kappa shape index (κ1) is 14.2. The molecule has 0 spiro atoms. The Morgan fingerprint density at radius 3 is 2.32 bits per heavy atom. The summed E-state index contributed by atoms with van der Waals surface area (Å²) in [7, 11) is 0. The van der Waals surface area contributed by atoms with Crippen LogP contribution in [0.5, 0.6) is 5.75 Å². The van der Waals surface area contributed by atoms with Crippen LogP contribution in [-0.4, -0.2) is 17.3 Å². The number of nitrogens with two attached hydrogens (primary N) is 1. The van der Waals surface area contributed by atoms with Crippen LogP contribution in [0.4, 0.5) is 5.69 Å². The summed E-state index contributed by atoms with van der Waals surface area (Å²) < 4.78 is 12.2. The van der Waals surface area contributed by atoms with Crippen molar-refractivity contribution in [3.05, 3.63) is 23.3 Å². The lowest BCUT2D eigenvalue weighted by atomic mass is 9.97. The highest BCUT2D eigenvalue weighted by Crippen LogP contribution is 2.40. The minimum Gasteiger partial charge on any atom is -0.487 e. The van der Waals surface area contributed by atoms with Crippen molar-refractivity contribution >= 4 is 5.69 Å². The van der Waals surface area contributed by atoms with E-state index in [-0.39, 0.29) is 17.3 Å². The summed E-state index contributed by atoms with van der Waals surface area (Å²) in [6, 6.07) is 3.99. The quantitative estimate of drug-likeness (QED) is 0.829. The van der Waals surface area contributed by atoms with Gasteiger partial charge in [-0.3, -0.25) is 0 Å². The van der Waals surface area contributed by atoms with Crippen molar-refractivity contribution in [1.82, 2.24) is 0 Å². The maximum Gasteiger partial charge on any atom is 0.130 e. The molecule has 1 unspecified atom stereocenters. The summed E-state index contributed by atoms with van der Waals surface area (Å²) >= 11 is 0. The molecule has 106 valence electrons. The van der Waals surface area contributed by atoms with E-state index in [0.29, 0.717) is 0 Å². The summed E-state index contributed by atoms with van der Waals surface area (Å²) in [5.74, 6) is 0.863. The lowest BCUT2D eigenvalue weighted by Crippen LogP contribution is -2.36. The van der Waals surface area contributed by atoms with Crippen molar-refractivity contribution < 1.29 is 9.47 Å². The standard InChI is InChI=1S/C16H25NO2/c1-10-7-11(2)13(8-12(10)17)18-14-9-15(3,4)19-16(14,5)6/h7-8,14H,9,17H2,1-6H3. The van der Waals surface area contributed by atoms with Crippen LogP contribution in [0.25, 0.3) is 0 Å². The van der Waals surface area contributed by atoms with Crippen molar-refractivity contribution in [1.29, 1.82) is 0 Å². The highest BCUT2D eigenvalue weighted by molar-refractivity contribution is 5.54. The van der Waals surface area contributed by atoms with Crippen molar-refractivity contribution in [2.24, 2.45) is 0 Å². The number of hydrogen-bond donors (Lipinski definition) is 1. The van der Waals surface area contributed by atoms with Crippen LogP contribution in [0.3, 0.4) is 0 Å². The van der Waals surface area contributed by atoms with Gasteiger partial charge in [-0.1, -0.05) is 6.07 Å². The molecule has 0 bridgehead atoms. The van der Waals surface area contributed by atoms with Crippen molar-refractivity contribution in [3.8, 4) is 5.75 Å². The largest absolute Gasteiger partial charge is 0.487 e. The topological polar surface area (TPSA) is 44.5 Å². The zero-order chi connectivity index (χ0) is 14.4. The van der Waals surface area contributed by atoms with Crippen molar-refractivity contribution in [2.45, 2.75) is 65.3 Å². The molecular formula is C16H25NO2. The second kappa shape index (κ2) is 4.41. The van der Waals surface area contributed by atoms with Crippen LogP contribution in [0.2, 0.25) is 0 Å². The normalized spacial score (nSPS) is 24.4. The molecule has 3 nitrogen and oxygen atoms in total. The molecular weight excluding hydrogens is 238 g/mol. The van der Waals surface area contributed by atoms with E-state index in [1.54, 1.807) is 0 Å². The number of ether oxygens (including phenoxy) is 2. The van der Waals surface area contributed by atoms with Gasteiger partial charge in [0.1, 0.15) is 17.5 Å². The molecule has 1 aliphatic rings. The Labute approximate surface area is 116 Å². The molecule has 0 aliphatic carbocycles. The predicted molar refractivity (Wildman–Crippen MR) is 78.6 cm³/mol. The summed E-state index contributed by atoms with van der Waals surface area (Å²) in [5.41, 5.74) is 8.53. The van der Waals surface area contributed by atoms with Gasteiger partial charge >= 0.3 is 0 Å². The highest BCUT2D eigenvalue weighted by atomic mass is 16.6. The van der Waals surface area contributed by atoms with Gasteiger partial charge in [0.05, 0.1) is 5.60 Å². The Morgan fingerprint density at radius 1 is 1.16 bits per heavy atom. The smallest absolute Gasteiger partial charge is 0.130 e. The Kier molecular flexibility index (Phi) is 3.29. The molecule has 0 amide bonds. The third-order valence-corrected chi connectivity index (χ3v) is 3.82. The van der Waals surface area contributed by atoms with Gasteiger partial charge in [0.2, 0.25) is 0 Å². The fourth-order valence-electron chi connectivity index (χ4n) is 2.82. The molecule has 0 radical (unpaired) electrons. The number of anilines is 1. The Bertz CT molecular complexity index is 492. The van der Waals surface area contributed by atoms with Gasteiger partial charge in [0, 0.05) is 18.2 Å². The molecule has 2 rings (SSSR count). The predicted octanol–water partition coefficient (Wildman–Crippen LogP) is 3.61. The zero-order valence-electron chi connectivity index (χ0n) is 12.8. The van der Waals surface area contributed by atoms with Gasteiger partial charge in [-0.05, 0) is 52.7 Å². The zero-order valence-corrected chi connectivity index (χ0v) is 12.8. The van der Waals surface area contributed by atoms with Gasteiger partial charge in [0.25, 0.3) is 0 Å². The lowest BCUT2D eigenvalue weighted by Gasteiger charge is -2.28. The second-order valence-electron chi connectivity index (χ2n) is 6.75. The number of hydrogen-bond acceptors (Lipinski definition) is 3. The third-order valence-electron chi connectivity index (χ3n) is 3.82. The molecule has 0 aromatic heterocycles. The first-order valence-electron chi connectivity index (χ1n) is 6.84. The van der Waals surface area contributed by atoms with Crippen LogP contribution in [0.15, 0.2) is 12.1 Å². The minimum atomic E-state index is -0.282. The Morgan fingerprint density at radius 2 is 1.79 bits per heavy atom. The summed E-state index contributed by atoms with van der Waals surface area (Å²) in [4.78, 5) is 0. The van der Waals surface area contributed by atoms with Gasteiger partial charge in [0.15, 0.2) is 0 Å². The molecule has 1 aromatic carbocycles. The van der Waals surface area contributed by atoms with E-state index in [1.807, 2.05) is 13.0 Å². The summed E-state index contributed by atoms with van der Waals surface area (Å²) in [6.07, 6.45) is 0.927. The highest BCUT2D eigenvalue weighted by Gasteiger charge is 2.47. The molecule has 2 N–H and O–H groups in total. The Hall–Kier alpha value is -1.22. The average molecular weight is 263 g/mol. The van der Waals surface area contributed by atoms with E-state index < -0.39 is 0 Å². The van der Waals surface area contributed by atoms with E-state index in [9.17, 15) is 0 Å². The van der Waals surface area contributed by atoms with Crippen LogP contribution >= 0.6 is 0 Å². The number of benzene rings is 1. The van der Waals surface area contributed by atoms with E-state index in [0.717, 1.165) is 29.0 Å². The fraction of sp³-hybridized carbons (Fsp3) is 0.625. The maximum absolute atomic E-state index is 6.19. The van der Waals surface area contributed by atoms with Gasteiger partial charge < -0.3 is 15.2 Å². The molecule has 0 saturated carbocycles. The monoisotopic (exact) mass is 263 g/mol. The molecule has 19 heavy (non-hydrogen) atoms. The molecule has 1 aliphatic heterocycles. The average Bonchev–Trinajstić information content (AvgIpc) is 2.43. The van der Waals surface area contributed by atoms with Crippen molar-refractivity contribution in [3.63, 3.8) is 0 Å². The van der Waals surface area contributed by atoms with E-state index in [2.05, 4.69) is 40.7 Å². The van der Waals surface area contributed by atoms with Crippen LogP contribution in [-0.2, 0) is 4.74 Å².